The van der Waals surface area contributed by atoms with Crippen LogP contribution in [0.3, 0.4) is 0 Å². The van der Waals surface area contributed by atoms with Crippen LogP contribution in [0.25, 0.3) is 0 Å². The van der Waals surface area contributed by atoms with Gasteiger partial charge in [-0.25, -0.2) is 4.68 Å². The molecule has 0 atom stereocenters. The van der Waals surface area contributed by atoms with E-state index in [0.29, 0.717) is 13.1 Å². The number of aromatic nitrogens is 2. The minimum atomic E-state index is -0.285. The third kappa shape index (κ3) is 5.38. The Morgan fingerprint density at radius 1 is 0.781 bits per heavy atom. The molecule has 5 nitrogen and oxygen atoms in total. The first kappa shape index (κ1) is 21.2. The number of hydrogen-bond donors (Lipinski definition) is 1. The van der Waals surface area contributed by atoms with Crippen LogP contribution in [0.1, 0.15) is 39.5 Å². The third-order valence-electron chi connectivity index (χ3n) is 5.40. The Bertz CT molecular complexity index is 1170. The highest BCUT2D eigenvalue weighted by atomic mass is 16.2. The summed E-state index contributed by atoms with van der Waals surface area (Å²) in [6, 6.07) is 33.0. The minimum absolute atomic E-state index is 0.178. The van der Waals surface area contributed by atoms with E-state index < -0.39 is 0 Å². The van der Waals surface area contributed by atoms with Gasteiger partial charge in [0.2, 0.25) is 0 Å². The van der Waals surface area contributed by atoms with Crippen molar-refractivity contribution in [1.29, 1.82) is 0 Å². The molecule has 0 saturated heterocycles. The van der Waals surface area contributed by atoms with Crippen molar-refractivity contribution in [2.24, 2.45) is 0 Å². The van der Waals surface area contributed by atoms with Crippen molar-refractivity contribution < 1.29 is 4.79 Å². The van der Waals surface area contributed by atoms with Crippen LogP contribution in [-0.4, -0.2) is 22.2 Å². The fourth-order valence-corrected chi connectivity index (χ4v) is 3.76. The second kappa shape index (κ2) is 10.4. The Labute approximate surface area is 187 Å². The van der Waals surface area contributed by atoms with Crippen LogP contribution in [0.15, 0.2) is 108 Å². The molecule has 0 aliphatic carbocycles. The standard InChI is InChI=1S/C27H25N3O2/c31-26-17-16-25(29-30(26)20-21-10-4-1-5-11-21)27(32)28-19-18-24(22-12-6-2-7-13-22)23-14-8-3-9-15-23/h1-17,24H,18-20H2,(H,28,32). The van der Waals surface area contributed by atoms with Gasteiger partial charge in [-0.2, -0.15) is 5.10 Å². The second-order valence-electron chi connectivity index (χ2n) is 7.62. The third-order valence-corrected chi connectivity index (χ3v) is 5.40. The maximum atomic E-state index is 12.7. The van der Waals surface area contributed by atoms with E-state index in [9.17, 15) is 9.59 Å². The smallest absolute Gasteiger partial charge is 0.271 e. The van der Waals surface area contributed by atoms with Crippen molar-refractivity contribution in [1.82, 2.24) is 15.1 Å². The van der Waals surface area contributed by atoms with Gasteiger partial charge in [-0.3, -0.25) is 9.59 Å². The van der Waals surface area contributed by atoms with Gasteiger partial charge < -0.3 is 5.32 Å². The lowest BCUT2D eigenvalue weighted by Crippen LogP contribution is -2.31. The van der Waals surface area contributed by atoms with E-state index in [0.717, 1.165) is 12.0 Å². The number of nitrogens with zero attached hydrogens (tertiary/aromatic N) is 2. The molecule has 4 aromatic rings. The fourth-order valence-electron chi connectivity index (χ4n) is 3.76. The summed E-state index contributed by atoms with van der Waals surface area (Å²) in [6.07, 6.45) is 0.753. The van der Waals surface area contributed by atoms with E-state index in [1.807, 2.05) is 66.7 Å². The average Bonchev–Trinajstić information content (AvgIpc) is 2.85. The molecule has 1 amide bonds. The van der Waals surface area contributed by atoms with Gasteiger partial charge in [0, 0.05) is 18.5 Å². The zero-order valence-corrected chi connectivity index (χ0v) is 17.7. The van der Waals surface area contributed by atoms with Crippen LogP contribution >= 0.6 is 0 Å². The van der Waals surface area contributed by atoms with Gasteiger partial charge >= 0.3 is 0 Å². The predicted molar refractivity (Wildman–Crippen MR) is 126 cm³/mol. The molecule has 0 aliphatic rings. The summed E-state index contributed by atoms with van der Waals surface area (Å²) >= 11 is 0. The van der Waals surface area contributed by atoms with Crippen molar-refractivity contribution >= 4 is 5.91 Å². The first-order valence-corrected chi connectivity index (χ1v) is 10.7. The van der Waals surface area contributed by atoms with Crippen molar-refractivity contribution in [2.75, 3.05) is 6.54 Å². The monoisotopic (exact) mass is 423 g/mol. The average molecular weight is 424 g/mol. The van der Waals surface area contributed by atoms with Gasteiger partial charge in [0.25, 0.3) is 11.5 Å². The predicted octanol–water partition coefficient (Wildman–Crippen LogP) is 4.24. The molecule has 0 fully saturated rings. The lowest BCUT2D eigenvalue weighted by atomic mass is 9.88. The van der Waals surface area contributed by atoms with E-state index in [1.54, 1.807) is 0 Å². The molecule has 5 heteroatoms. The van der Waals surface area contributed by atoms with Crippen molar-refractivity contribution in [3.8, 4) is 0 Å². The minimum Gasteiger partial charge on any atom is -0.351 e. The van der Waals surface area contributed by atoms with Crippen LogP contribution in [0, 0.1) is 0 Å². The first-order valence-electron chi connectivity index (χ1n) is 10.7. The maximum absolute atomic E-state index is 12.7. The quantitative estimate of drug-likeness (QED) is 0.461. The number of amides is 1. The van der Waals surface area contributed by atoms with E-state index in [1.165, 1.54) is 27.9 Å². The largest absolute Gasteiger partial charge is 0.351 e. The zero-order chi connectivity index (χ0) is 22.2. The molecule has 0 spiro atoms. The van der Waals surface area contributed by atoms with E-state index in [2.05, 4.69) is 34.7 Å². The normalized spacial score (nSPS) is 10.8. The summed E-state index contributed by atoms with van der Waals surface area (Å²) in [7, 11) is 0. The number of benzene rings is 3. The number of hydrogen-bond acceptors (Lipinski definition) is 3. The molecule has 0 saturated carbocycles. The van der Waals surface area contributed by atoms with Crippen LogP contribution in [0.2, 0.25) is 0 Å². The summed E-state index contributed by atoms with van der Waals surface area (Å²) in [6.45, 7) is 0.817. The topological polar surface area (TPSA) is 64.0 Å². The van der Waals surface area contributed by atoms with E-state index in [-0.39, 0.29) is 23.1 Å². The van der Waals surface area contributed by atoms with Gasteiger partial charge in [-0.1, -0.05) is 91.0 Å². The van der Waals surface area contributed by atoms with Gasteiger partial charge in [-0.15, -0.1) is 0 Å². The molecule has 32 heavy (non-hydrogen) atoms. The van der Waals surface area contributed by atoms with Crippen LogP contribution in [0.5, 0.6) is 0 Å². The second-order valence-corrected chi connectivity index (χ2v) is 7.62. The highest BCUT2D eigenvalue weighted by Crippen LogP contribution is 2.27. The molecule has 160 valence electrons. The Morgan fingerprint density at radius 3 is 1.94 bits per heavy atom. The van der Waals surface area contributed by atoms with Crippen LogP contribution in [-0.2, 0) is 6.54 Å². The molecule has 1 aromatic heterocycles. The summed E-state index contributed by atoms with van der Waals surface area (Å²) in [5.41, 5.74) is 3.37. The molecule has 3 aromatic carbocycles. The first-order chi connectivity index (χ1) is 15.7. The van der Waals surface area contributed by atoms with Gasteiger partial charge in [-0.05, 0) is 29.2 Å². The van der Waals surface area contributed by atoms with E-state index >= 15 is 0 Å². The number of rotatable bonds is 8. The molecule has 0 aliphatic heterocycles. The lowest BCUT2D eigenvalue weighted by molar-refractivity contribution is 0.0945. The molecular formula is C27H25N3O2. The van der Waals surface area contributed by atoms with Crippen LogP contribution in [0.4, 0.5) is 0 Å². The molecule has 1 heterocycles. The molecule has 0 bridgehead atoms. The molecular weight excluding hydrogens is 398 g/mol. The molecule has 0 radical (unpaired) electrons. The van der Waals surface area contributed by atoms with Crippen molar-refractivity contribution in [3.63, 3.8) is 0 Å². The Hall–Kier alpha value is -3.99. The zero-order valence-electron chi connectivity index (χ0n) is 17.7. The van der Waals surface area contributed by atoms with Crippen molar-refractivity contribution in [2.45, 2.75) is 18.9 Å². The number of carbonyl (C=O) groups is 1. The molecule has 4 rings (SSSR count). The Balaban J connectivity index is 1.44. The van der Waals surface area contributed by atoms with Gasteiger partial charge in [0.05, 0.1) is 6.54 Å². The summed E-state index contributed by atoms with van der Waals surface area (Å²) in [5, 5.41) is 7.24. The highest BCUT2D eigenvalue weighted by molar-refractivity contribution is 5.91. The summed E-state index contributed by atoms with van der Waals surface area (Å²) in [5.74, 6) is -0.107. The Kier molecular flexibility index (Phi) is 6.88. The summed E-state index contributed by atoms with van der Waals surface area (Å²) in [4.78, 5) is 24.9. The SMILES string of the molecule is O=C(NCCC(c1ccccc1)c1ccccc1)c1ccc(=O)n(Cc2ccccc2)n1. The number of nitrogens with one attached hydrogen (secondary N) is 1. The lowest BCUT2D eigenvalue weighted by Gasteiger charge is -2.18. The Morgan fingerprint density at radius 2 is 1.34 bits per heavy atom. The van der Waals surface area contributed by atoms with Crippen molar-refractivity contribution in [3.05, 3.63) is 136 Å². The number of carbonyl (C=O) groups excluding carboxylic acids is 1. The summed E-state index contributed by atoms with van der Waals surface area (Å²) < 4.78 is 1.32. The highest BCUT2D eigenvalue weighted by Gasteiger charge is 2.15. The molecule has 0 unspecified atom stereocenters. The van der Waals surface area contributed by atoms with Crippen LogP contribution < -0.4 is 10.9 Å². The van der Waals surface area contributed by atoms with Gasteiger partial charge in [0.15, 0.2) is 0 Å². The molecule has 1 N–H and O–H groups in total. The van der Waals surface area contributed by atoms with E-state index in [4.69, 9.17) is 0 Å². The maximum Gasteiger partial charge on any atom is 0.271 e. The fraction of sp³-hybridized carbons (Fsp3) is 0.148. The van der Waals surface area contributed by atoms with Gasteiger partial charge in [0.1, 0.15) is 5.69 Å².